The molecule has 120 valence electrons. The van der Waals surface area contributed by atoms with Crippen LogP contribution in [-0.4, -0.2) is 23.0 Å². The van der Waals surface area contributed by atoms with Crippen LogP contribution in [0.2, 0.25) is 0 Å². The number of methoxy groups -OCH3 is 1. The van der Waals surface area contributed by atoms with Crippen LogP contribution in [-0.2, 0) is 0 Å². The molecule has 0 saturated heterocycles. The van der Waals surface area contributed by atoms with Crippen molar-refractivity contribution < 1.29 is 9.84 Å². The molecule has 0 saturated carbocycles. The van der Waals surface area contributed by atoms with Crippen LogP contribution in [0.15, 0.2) is 47.6 Å². The third kappa shape index (κ3) is 4.69. The van der Waals surface area contributed by atoms with Gasteiger partial charge in [-0.3, -0.25) is 5.43 Å². The van der Waals surface area contributed by atoms with Crippen molar-refractivity contribution in [2.45, 2.75) is 13.8 Å². The molecule has 0 spiro atoms. The van der Waals surface area contributed by atoms with Crippen LogP contribution in [0, 0.1) is 6.92 Å². The Morgan fingerprint density at radius 1 is 1.17 bits per heavy atom. The molecule has 0 aliphatic rings. The van der Waals surface area contributed by atoms with Crippen molar-refractivity contribution in [3.63, 3.8) is 0 Å². The molecule has 5 nitrogen and oxygen atoms in total. The number of phenolic OH excluding ortho intramolecular Hbond substituents is 1. The zero-order chi connectivity index (χ0) is 16.8. The van der Waals surface area contributed by atoms with E-state index in [1.54, 1.807) is 26.2 Å². The first-order valence-corrected chi connectivity index (χ1v) is 7.45. The Balaban J connectivity index is 2.01. The number of aromatic hydroxyl groups is 1. The average molecular weight is 329 g/mol. The summed E-state index contributed by atoms with van der Waals surface area (Å²) < 4.78 is 5.06. The minimum Gasteiger partial charge on any atom is -0.507 e. The molecule has 0 radical (unpaired) electrons. The molecular weight excluding hydrogens is 310 g/mol. The van der Waals surface area contributed by atoms with Crippen LogP contribution >= 0.6 is 12.2 Å². The number of hydrogen-bond donors (Lipinski definition) is 3. The molecule has 23 heavy (non-hydrogen) atoms. The molecular formula is C17H19N3O2S. The first-order valence-electron chi connectivity index (χ1n) is 7.05. The zero-order valence-corrected chi connectivity index (χ0v) is 14.1. The van der Waals surface area contributed by atoms with Gasteiger partial charge in [-0.05, 0) is 50.3 Å². The number of aryl methyl sites for hydroxylation is 1. The van der Waals surface area contributed by atoms with Crippen molar-refractivity contribution >= 4 is 28.7 Å². The summed E-state index contributed by atoms with van der Waals surface area (Å²) in [6.07, 6.45) is 0. The van der Waals surface area contributed by atoms with Crippen molar-refractivity contribution in [2.24, 2.45) is 5.10 Å². The highest BCUT2D eigenvalue weighted by Gasteiger charge is 2.06. The highest BCUT2D eigenvalue weighted by molar-refractivity contribution is 7.80. The average Bonchev–Trinajstić information content (AvgIpc) is 2.54. The van der Waals surface area contributed by atoms with Gasteiger partial charge >= 0.3 is 0 Å². The summed E-state index contributed by atoms with van der Waals surface area (Å²) in [7, 11) is 1.55. The number of thiocarbonyl (C=S) groups is 1. The van der Waals surface area contributed by atoms with Gasteiger partial charge in [-0.1, -0.05) is 17.7 Å². The van der Waals surface area contributed by atoms with Gasteiger partial charge in [0.05, 0.1) is 12.8 Å². The Bertz CT molecular complexity index is 727. The number of ether oxygens (including phenoxy) is 1. The van der Waals surface area contributed by atoms with Gasteiger partial charge in [0.15, 0.2) is 5.11 Å². The largest absolute Gasteiger partial charge is 0.507 e. The van der Waals surface area contributed by atoms with Gasteiger partial charge in [-0.25, -0.2) is 0 Å². The molecule has 0 heterocycles. The van der Waals surface area contributed by atoms with Crippen molar-refractivity contribution in [1.82, 2.24) is 5.43 Å². The normalized spacial score (nSPS) is 11.0. The summed E-state index contributed by atoms with van der Waals surface area (Å²) in [5.41, 5.74) is 6.04. The molecule has 2 aromatic carbocycles. The summed E-state index contributed by atoms with van der Waals surface area (Å²) in [6.45, 7) is 3.80. The van der Waals surface area contributed by atoms with Gasteiger partial charge < -0.3 is 15.2 Å². The van der Waals surface area contributed by atoms with E-state index >= 15 is 0 Å². The van der Waals surface area contributed by atoms with E-state index in [0.717, 1.165) is 5.69 Å². The smallest absolute Gasteiger partial charge is 0.191 e. The fourth-order valence-corrected chi connectivity index (χ4v) is 2.10. The Kier molecular flexibility index (Phi) is 5.54. The SMILES string of the molecule is COc1ccc(/C(C)=N/NC(=S)Nc2ccc(C)cc2)c(O)c1. The number of anilines is 1. The maximum absolute atomic E-state index is 9.98. The van der Waals surface area contributed by atoms with E-state index in [-0.39, 0.29) is 5.75 Å². The molecule has 3 N–H and O–H groups in total. The predicted octanol–water partition coefficient (Wildman–Crippen LogP) is 3.42. The lowest BCUT2D eigenvalue weighted by Gasteiger charge is -2.09. The standard InChI is InChI=1S/C17H19N3O2S/c1-11-4-6-13(7-5-11)18-17(23)20-19-12(2)15-9-8-14(22-3)10-16(15)21/h4-10,21H,1-3H3,(H2,18,20,23)/b19-12+. The van der Waals surface area contributed by atoms with E-state index in [9.17, 15) is 5.11 Å². The van der Waals surface area contributed by atoms with Gasteiger partial charge in [0.2, 0.25) is 0 Å². The summed E-state index contributed by atoms with van der Waals surface area (Å²) in [4.78, 5) is 0. The van der Waals surface area contributed by atoms with Crippen LogP contribution in [0.25, 0.3) is 0 Å². The van der Waals surface area contributed by atoms with Crippen LogP contribution < -0.4 is 15.5 Å². The van der Waals surface area contributed by atoms with E-state index in [1.165, 1.54) is 11.6 Å². The van der Waals surface area contributed by atoms with Crippen LogP contribution in [0.4, 0.5) is 5.69 Å². The monoisotopic (exact) mass is 329 g/mol. The Labute approximate surface area is 141 Å². The van der Waals surface area contributed by atoms with Crippen molar-refractivity contribution in [3.05, 3.63) is 53.6 Å². The Morgan fingerprint density at radius 2 is 1.87 bits per heavy atom. The number of benzene rings is 2. The lowest BCUT2D eigenvalue weighted by molar-refractivity contribution is 0.407. The summed E-state index contributed by atoms with van der Waals surface area (Å²) in [5.74, 6) is 0.688. The molecule has 6 heteroatoms. The van der Waals surface area contributed by atoms with Crippen molar-refractivity contribution in [1.29, 1.82) is 0 Å². The molecule has 0 aliphatic carbocycles. The fraction of sp³-hybridized carbons (Fsp3) is 0.176. The van der Waals surface area contributed by atoms with E-state index < -0.39 is 0 Å². The van der Waals surface area contributed by atoms with Crippen molar-refractivity contribution in [2.75, 3.05) is 12.4 Å². The van der Waals surface area contributed by atoms with Crippen LogP contribution in [0.3, 0.4) is 0 Å². The number of nitrogens with one attached hydrogen (secondary N) is 2. The molecule has 0 aromatic heterocycles. The molecule has 0 atom stereocenters. The molecule has 0 aliphatic heterocycles. The lowest BCUT2D eigenvalue weighted by Crippen LogP contribution is -2.24. The summed E-state index contributed by atoms with van der Waals surface area (Å²) >= 11 is 5.20. The topological polar surface area (TPSA) is 65.9 Å². The number of nitrogens with zero attached hydrogens (tertiary/aromatic N) is 1. The third-order valence-corrected chi connectivity index (χ3v) is 3.42. The molecule has 2 aromatic rings. The van der Waals surface area contributed by atoms with E-state index in [0.29, 0.717) is 22.1 Å². The molecule has 0 bridgehead atoms. The molecule has 0 unspecified atom stereocenters. The highest BCUT2D eigenvalue weighted by Crippen LogP contribution is 2.23. The second-order valence-corrected chi connectivity index (χ2v) is 5.42. The Hall–Kier alpha value is -2.60. The van der Waals surface area contributed by atoms with Gasteiger partial charge in [0.25, 0.3) is 0 Å². The van der Waals surface area contributed by atoms with Crippen molar-refractivity contribution in [3.8, 4) is 11.5 Å². The van der Waals surface area contributed by atoms with Crippen LogP contribution in [0.5, 0.6) is 11.5 Å². The van der Waals surface area contributed by atoms with E-state index in [2.05, 4.69) is 15.8 Å². The van der Waals surface area contributed by atoms with Gasteiger partial charge in [0.1, 0.15) is 11.5 Å². The molecule has 0 amide bonds. The first kappa shape index (κ1) is 16.8. The maximum atomic E-state index is 9.98. The number of hydrogen-bond acceptors (Lipinski definition) is 4. The van der Waals surface area contributed by atoms with Gasteiger partial charge in [-0.15, -0.1) is 0 Å². The highest BCUT2D eigenvalue weighted by atomic mass is 32.1. The zero-order valence-electron chi connectivity index (χ0n) is 13.3. The van der Waals surface area contributed by atoms with Gasteiger partial charge in [-0.2, -0.15) is 5.10 Å². The van der Waals surface area contributed by atoms with E-state index in [4.69, 9.17) is 17.0 Å². The van der Waals surface area contributed by atoms with Gasteiger partial charge in [0, 0.05) is 17.3 Å². The number of rotatable bonds is 4. The fourth-order valence-electron chi connectivity index (χ4n) is 1.94. The maximum Gasteiger partial charge on any atom is 0.191 e. The molecule has 2 rings (SSSR count). The minimum absolute atomic E-state index is 0.102. The third-order valence-electron chi connectivity index (χ3n) is 3.23. The number of phenols is 1. The van der Waals surface area contributed by atoms with Crippen LogP contribution in [0.1, 0.15) is 18.1 Å². The Morgan fingerprint density at radius 3 is 2.48 bits per heavy atom. The van der Waals surface area contributed by atoms with E-state index in [1.807, 2.05) is 31.2 Å². The second-order valence-electron chi connectivity index (χ2n) is 5.01. The minimum atomic E-state index is 0.102. The predicted molar refractivity (Wildman–Crippen MR) is 97.4 cm³/mol. The second kappa shape index (κ2) is 7.60. The summed E-state index contributed by atoms with van der Waals surface area (Å²) in [5, 5.41) is 17.6. The lowest BCUT2D eigenvalue weighted by atomic mass is 10.1. The first-order chi connectivity index (χ1) is 11.0. The number of hydrazone groups is 1. The quantitative estimate of drug-likeness (QED) is 0.456. The summed E-state index contributed by atoms with van der Waals surface area (Å²) in [6, 6.07) is 12.9. The molecule has 0 fully saturated rings.